The highest BCUT2D eigenvalue weighted by atomic mass is 35.5. The molecule has 0 radical (unpaired) electrons. The zero-order valence-electron chi connectivity index (χ0n) is 11.1. The van der Waals surface area contributed by atoms with Crippen LogP contribution in [0.5, 0.6) is 0 Å². The third-order valence-electron chi connectivity index (χ3n) is 2.66. The molecule has 1 aromatic heterocycles. The number of anilines is 1. The van der Waals surface area contributed by atoms with E-state index in [1.165, 1.54) is 24.3 Å². The van der Waals surface area contributed by atoms with Gasteiger partial charge in [-0.05, 0) is 30.3 Å². The SMILES string of the molecule is O=C(Nc1cccc(Cl)c1)c1cccnc1S(=O)(=O)C(F)(F)F. The van der Waals surface area contributed by atoms with Crippen LogP contribution in [0.3, 0.4) is 0 Å². The van der Waals surface area contributed by atoms with Gasteiger partial charge in [0, 0.05) is 16.9 Å². The number of aromatic nitrogens is 1. The van der Waals surface area contributed by atoms with Gasteiger partial charge in [0.05, 0.1) is 5.56 Å². The van der Waals surface area contributed by atoms with Gasteiger partial charge in [-0.2, -0.15) is 13.2 Å². The molecule has 0 atom stereocenters. The van der Waals surface area contributed by atoms with Gasteiger partial charge in [-0.25, -0.2) is 13.4 Å². The molecule has 0 fully saturated rings. The maximum absolute atomic E-state index is 12.7. The molecule has 0 aliphatic rings. The zero-order chi connectivity index (χ0) is 17.3. The van der Waals surface area contributed by atoms with Crippen molar-refractivity contribution in [1.29, 1.82) is 0 Å². The summed E-state index contributed by atoms with van der Waals surface area (Å²) in [5.74, 6) is -1.05. The molecule has 0 saturated carbocycles. The molecule has 122 valence electrons. The number of alkyl halides is 3. The maximum Gasteiger partial charge on any atom is 0.503 e. The Balaban J connectivity index is 2.43. The number of amides is 1. The van der Waals surface area contributed by atoms with Crippen LogP contribution in [0.2, 0.25) is 5.02 Å². The van der Waals surface area contributed by atoms with Crippen LogP contribution in [-0.4, -0.2) is 24.8 Å². The monoisotopic (exact) mass is 364 g/mol. The van der Waals surface area contributed by atoms with Gasteiger partial charge in [-0.1, -0.05) is 17.7 Å². The van der Waals surface area contributed by atoms with Gasteiger partial charge < -0.3 is 5.32 Å². The average Bonchev–Trinajstić information content (AvgIpc) is 2.46. The third-order valence-corrected chi connectivity index (χ3v) is 4.34. The van der Waals surface area contributed by atoms with E-state index in [1.807, 2.05) is 0 Å². The highest BCUT2D eigenvalue weighted by molar-refractivity contribution is 7.92. The molecule has 1 heterocycles. The molecule has 1 amide bonds. The molecule has 1 aromatic carbocycles. The maximum atomic E-state index is 12.7. The van der Waals surface area contributed by atoms with Crippen molar-refractivity contribution in [2.75, 3.05) is 5.32 Å². The zero-order valence-corrected chi connectivity index (χ0v) is 12.7. The molecule has 2 rings (SSSR count). The van der Waals surface area contributed by atoms with Crippen molar-refractivity contribution in [3.8, 4) is 0 Å². The van der Waals surface area contributed by atoms with Crippen molar-refractivity contribution in [3.63, 3.8) is 0 Å². The van der Waals surface area contributed by atoms with E-state index in [4.69, 9.17) is 11.6 Å². The van der Waals surface area contributed by atoms with Crippen LogP contribution in [0.25, 0.3) is 0 Å². The first-order chi connectivity index (χ1) is 10.6. The number of carbonyl (C=O) groups excluding carboxylic acids is 1. The Morgan fingerprint density at radius 2 is 1.87 bits per heavy atom. The van der Waals surface area contributed by atoms with Gasteiger partial charge in [0.25, 0.3) is 15.7 Å². The number of nitrogens with zero attached hydrogens (tertiary/aromatic N) is 1. The lowest BCUT2D eigenvalue weighted by Gasteiger charge is -2.11. The molecule has 0 spiro atoms. The standard InChI is InChI=1S/C13H8ClF3N2O3S/c14-8-3-1-4-9(7-8)19-11(20)10-5-2-6-18-12(10)23(21,22)13(15,16)17/h1-7H,(H,19,20). The largest absolute Gasteiger partial charge is 0.503 e. The summed E-state index contributed by atoms with van der Waals surface area (Å²) in [4.78, 5) is 15.3. The molecule has 0 saturated heterocycles. The van der Waals surface area contributed by atoms with Crippen molar-refractivity contribution in [2.24, 2.45) is 0 Å². The number of halogens is 4. The minimum absolute atomic E-state index is 0.196. The summed E-state index contributed by atoms with van der Waals surface area (Å²) in [6.45, 7) is 0. The Morgan fingerprint density at radius 3 is 2.48 bits per heavy atom. The Kier molecular flexibility index (Phi) is 4.62. The summed E-state index contributed by atoms with van der Waals surface area (Å²) >= 11 is 5.73. The van der Waals surface area contributed by atoms with Crippen LogP contribution in [0.1, 0.15) is 10.4 Å². The smallest absolute Gasteiger partial charge is 0.322 e. The molecule has 2 aromatic rings. The van der Waals surface area contributed by atoms with Crippen LogP contribution in [0.4, 0.5) is 18.9 Å². The number of sulfone groups is 1. The molecule has 0 unspecified atom stereocenters. The predicted molar refractivity (Wildman–Crippen MR) is 76.9 cm³/mol. The van der Waals surface area contributed by atoms with Crippen molar-refractivity contribution in [3.05, 3.63) is 53.2 Å². The highest BCUT2D eigenvalue weighted by Gasteiger charge is 2.49. The van der Waals surface area contributed by atoms with Crippen molar-refractivity contribution >= 4 is 33.0 Å². The van der Waals surface area contributed by atoms with Crippen LogP contribution in [0.15, 0.2) is 47.6 Å². The second-order valence-electron chi connectivity index (χ2n) is 4.27. The van der Waals surface area contributed by atoms with Gasteiger partial charge >= 0.3 is 5.51 Å². The number of hydrogen-bond acceptors (Lipinski definition) is 4. The fraction of sp³-hybridized carbons (Fsp3) is 0.0769. The summed E-state index contributed by atoms with van der Waals surface area (Å²) in [7, 11) is -5.75. The molecule has 10 heteroatoms. The summed E-state index contributed by atoms with van der Waals surface area (Å²) in [5, 5.41) is 1.20. The number of benzene rings is 1. The molecular formula is C13H8ClF3N2O3S. The van der Waals surface area contributed by atoms with Gasteiger partial charge in [-0.15, -0.1) is 0 Å². The third kappa shape index (κ3) is 3.62. The Morgan fingerprint density at radius 1 is 1.17 bits per heavy atom. The lowest BCUT2D eigenvalue weighted by atomic mass is 10.2. The summed E-state index contributed by atoms with van der Waals surface area (Å²) in [6, 6.07) is 7.93. The van der Waals surface area contributed by atoms with E-state index in [0.717, 1.165) is 18.3 Å². The van der Waals surface area contributed by atoms with E-state index in [0.29, 0.717) is 0 Å². The Hall–Kier alpha value is -2.13. The van der Waals surface area contributed by atoms with Crippen molar-refractivity contribution in [2.45, 2.75) is 10.5 Å². The highest BCUT2D eigenvalue weighted by Crippen LogP contribution is 2.31. The Labute approximate surface area is 134 Å². The van der Waals surface area contributed by atoms with E-state index < -0.39 is 31.8 Å². The van der Waals surface area contributed by atoms with Gasteiger partial charge in [-0.3, -0.25) is 4.79 Å². The lowest BCUT2D eigenvalue weighted by Crippen LogP contribution is -2.27. The fourth-order valence-corrected chi connectivity index (χ4v) is 2.71. The molecule has 1 N–H and O–H groups in total. The van der Waals surface area contributed by atoms with Crippen molar-refractivity contribution in [1.82, 2.24) is 4.98 Å². The van der Waals surface area contributed by atoms with Crippen LogP contribution in [-0.2, 0) is 9.84 Å². The first-order valence-corrected chi connectivity index (χ1v) is 7.82. The molecule has 0 aliphatic heterocycles. The van der Waals surface area contributed by atoms with E-state index >= 15 is 0 Å². The normalized spacial score (nSPS) is 12.0. The van der Waals surface area contributed by atoms with E-state index in [2.05, 4.69) is 10.3 Å². The number of carbonyl (C=O) groups is 1. The minimum Gasteiger partial charge on any atom is -0.322 e. The Bertz CT molecular complexity index is 854. The number of rotatable bonds is 3. The summed E-state index contributed by atoms with van der Waals surface area (Å²) in [5.41, 5.74) is -6.08. The van der Waals surface area contributed by atoms with Crippen LogP contribution in [0, 0.1) is 0 Å². The quantitative estimate of drug-likeness (QED) is 0.906. The second kappa shape index (κ2) is 6.17. The predicted octanol–water partition coefficient (Wildman–Crippen LogP) is 3.28. The average molecular weight is 365 g/mol. The number of nitrogens with one attached hydrogen (secondary N) is 1. The molecule has 0 bridgehead atoms. The lowest BCUT2D eigenvalue weighted by molar-refractivity contribution is -0.0438. The first kappa shape index (κ1) is 17.2. The minimum atomic E-state index is -5.75. The summed E-state index contributed by atoms with van der Waals surface area (Å²) < 4.78 is 61.0. The second-order valence-corrected chi connectivity index (χ2v) is 6.56. The number of hydrogen-bond donors (Lipinski definition) is 1. The van der Waals surface area contributed by atoms with Gasteiger partial charge in [0.15, 0.2) is 5.03 Å². The molecule has 0 aliphatic carbocycles. The van der Waals surface area contributed by atoms with Gasteiger partial charge in [0.2, 0.25) is 0 Å². The fourth-order valence-electron chi connectivity index (χ4n) is 1.65. The topological polar surface area (TPSA) is 76.1 Å². The van der Waals surface area contributed by atoms with E-state index in [9.17, 15) is 26.4 Å². The van der Waals surface area contributed by atoms with Crippen LogP contribution < -0.4 is 5.32 Å². The molecule has 23 heavy (non-hydrogen) atoms. The molecule has 5 nitrogen and oxygen atoms in total. The number of pyridine rings is 1. The van der Waals surface area contributed by atoms with Crippen LogP contribution >= 0.6 is 11.6 Å². The first-order valence-electron chi connectivity index (χ1n) is 5.96. The summed E-state index contributed by atoms with van der Waals surface area (Å²) in [6.07, 6.45) is 0.856. The van der Waals surface area contributed by atoms with Crippen molar-refractivity contribution < 1.29 is 26.4 Å². The van der Waals surface area contributed by atoms with Gasteiger partial charge in [0.1, 0.15) is 0 Å². The molecular weight excluding hydrogens is 357 g/mol. The van der Waals surface area contributed by atoms with E-state index in [1.54, 1.807) is 0 Å². The van der Waals surface area contributed by atoms with E-state index in [-0.39, 0.29) is 10.7 Å².